The van der Waals surface area contributed by atoms with Crippen molar-refractivity contribution in [3.8, 4) is 17.2 Å². The SMILES string of the molecule is OB(OBr)Oc1ccc2c3ccccc3c3cc(OB(O)OBr)c(OB(O)OBr)cc3c2c1. The Hall–Kier alpha value is -1.55. The summed E-state index contributed by atoms with van der Waals surface area (Å²) < 4.78 is 29.9. The second-order valence-corrected chi connectivity index (χ2v) is 7.76. The van der Waals surface area contributed by atoms with Gasteiger partial charge in [-0.3, -0.25) is 11.2 Å². The molecule has 0 atom stereocenters. The molecular weight excluding hydrogens is 632 g/mol. The van der Waals surface area contributed by atoms with E-state index in [0.717, 1.165) is 26.9 Å². The minimum atomic E-state index is -1.66. The smallest absolute Gasteiger partial charge is 0.511 e. The van der Waals surface area contributed by atoms with Gasteiger partial charge in [-0.05, 0) is 56.6 Å². The molecule has 0 spiro atoms. The second kappa shape index (κ2) is 10.8. The first-order valence-corrected chi connectivity index (χ1v) is 11.2. The highest BCUT2D eigenvalue weighted by molar-refractivity contribution is 9.06. The Bertz CT molecular complexity index is 1280. The monoisotopic (exact) mass is 642 g/mol. The van der Waals surface area contributed by atoms with E-state index in [0.29, 0.717) is 11.1 Å². The number of hydrogen-bond acceptors (Lipinski definition) is 9. The number of fused-ring (bicyclic) bond motifs is 6. The summed E-state index contributed by atoms with van der Waals surface area (Å²) in [6.45, 7) is 0. The maximum Gasteiger partial charge on any atom is 0.721 e. The lowest BCUT2D eigenvalue weighted by atomic mass is 9.93. The lowest BCUT2D eigenvalue weighted by Crippen LogP contribution is -2.25. The van der Waals surface area contributed by atoms with E-state index in [-0.39, 0.29) is 11.5 Å². The molecule has 4 aromatic rings. The zero-order chi connectivity index (χ0) is 23.5. The van der Waals surface area contributed by atoms with E-state index in [2.05, 4.69) is 60.0 Å². The van der Waals surface area contributed by atoms with Crippen LogP contribution in [-0.4, -0.2) is 37.0 Å². The average Bonchev–Trinajstić information content (AvgIpc) is 2.84. The van der Waals surface area contributed by atoms with Crippen molar-refractivity contribution in [2.24, 2.45) is 0 Å². The molecule has 15 heteroatoms. The van der Waals surface area contributed by atoms with Crippen LogP contribution in [0.15, 0.2) is 54.6 Å². The predicted octanol–water partition coefficient (Wildman–Crippen LogP) is 4.19. The quantitative estimate of drug-likeness (QED) is 0.182. The minimum absolute atomic E-state index is 0.0600. The van der Waals surface area contributed by atoms with Crippen molar-refractivity contribution < 1.29 is 40.3 Å². The molecule has 0 aliphatic rings. The van der Waals surface area contributed by atoms with E-state index in [1.165, 1.54) is 0 Å². The molecule has 3 N–H and O–H groups in total. The summed E-state index contributed by atoms with van der Waals surface area (Å²) in [4.78, 5) is 0. The molecule has 0 bridgehead atoms. The van der Waals surface area contributed by atoms with Crippen LogP contribution in [0.2, 0.25) is 0 Å². The molecule has 4 aromatic carbocycles. The van der Waals surface area contributed by atoms with Crippen molar-refractivity contribution >= 4 is 103 Å². The summed E-state index contributed by atoms with van der Waals surface area (Å²) in [5.41, 5.74) is 0. The standard InChI is InChI=1S/C18H12B3Br3O9/c22-31-19(25)28-10-5-6-13-11-3-1-2-4-12(11)15-8-17(29-20(26)32-23)18(30-21(27)33-24)9-16(15)14(13)7-10/h1-9,25-27H. The van der Waals surface area contributed by atoms with Gasteiger partial charge in [0.1, 0.15) is 17.2 Å². The van der Waals surface area contributed by atoms with Gasteiger partial charge in [0.25, 0.3) is 0 Å². The van der Waals surface area contributed by atoms with Gasteiger partial charge in [0, 0.05) is 0 Å². The highest BCUT2D eigenvalue weighted by Crippen LogP contribution is 2.42. The Morgan fingerprint density at radius 1 is 0.515 bits per heavy atom. The Morgan fingerprint density at radius 3 is 1.48 bits per heavy atom. The summed E-state index contributed by atoms with van der Waals surface area (Å²) >= 11 is 8.03. The molecule has 0 unspecified atom stereocenters. The number of halogens is 3. The molecule has 168 valence electrons. The van der Waals surface area contributed by atoms with Crippen LogP contribution in [0.5, 0.6) is 17.2 Å². The van der Waals surface area contributed by atoms with E-state index in [1.807, 2.05) is 30.3 Å². The number of benzene rings is 4. The van der Waals surface area contributed by atoms with Crippen LogP contribution in [0.25, 0.3) is 32.3 Å². The van der Waals surface area contributed by atoms with Crippen molar-refractivity contribution in [1.82, 2.24) is 0 Å². The van der Waals surface area contributed by atoms with E-state index in [9.17, 15) is 15.1 Å². The topological polar surface area (TPSA) is 116 Å². The second-order valence-electron chi connectivity index (χ2n) is 6.64. The molecule has 33 heavy (non-hydrogen) atoms. The predicted molar refractivity (Wildman–Crippen MR) is 135 cm³/mol. The normalized spacial score (nSPS) is 11.1. The van der Waals surface area contributed by atoms with Crippen molar-refractivity contribution in [3.63, 3.8) is 0 Å². The molecule has 0 aliphatic heterocycles. The molecule has 0 saturated carbocycles. The van der Waals surface area contributed by atoms with Crippen LogP contribution in [-0.2, 0) is 11.2 Å². The molecule has 4 rings (SSSR count). The van der Waals surface area contributed by atoms with Gasteiger partial charge in [-0.2, -0.15) is 0 Å². The van der Waals surface area contributed by atoms with Gasteiger partial charge in [0.05, 0.1) is 48.8 Å². The summed E-state index contributed by atoms with van der Waals surface area (Å²) in [5, 5.41) is 34.3. The highest BCUT2D eigenvalue weighted by Gasteiger charge is 2.26. The summed E-state index contributed by atoms with van der Waals surface area (Å²) in [7, 11) is -4.82. The maximum absolute atomic E-state index is 9.84. The van der Waals surface area contributed by atoms with Crippen molar-refractivity contribution in [1.29, 1.82) is 0 Å². The van der Waals surface area contributed by atoms with Crippen LogP contribution in [0.3, 0.4) is 0 Å². The van der Waals surface area contributed by atoms with Crippen LogP contribution in [0, 0.1) is 0 Å². The van der Waals surface area contributed by atoms with Gasteiger partial charge in [0.15, 0.2) is 0 Å². The van der Waals surface area contributed by atoms with Crippen LogP contribution in [0.1, 0.15) is 0 Å². The number of hydrogen-bond donors (Lipinski definition) is 3. The molecule has 0 heterocycles. The molecule has 9 nitrogen and oxygen atoms in total. The Kier molecular flexibility index (Phi) is 8.05. The third-order valence-electron chi connectivity index (χ3n) is 4.79. The van der Waals surface area contributed by atoms with Crippen molar-refractivity contribution in [2.45, 2.75) is 0 Å². The molecule has 0 fully saturated rings. The van der Waals surface area contributed by atoms with Crippen LogP contribution in [0.4, 0.5) is 0 Å². The van der Waals surface area contributed by atoms with Gasteiger partial charge in [-0.25, -0.2) is 0 Å². The Morgan fingerprint density at radius 2 is 0.939 bits per heavy atom. The summed E-state index contributed by atoms with van der Waals surface area (Å²) in [6.07, 6.45) is 0. The van der Waals surface area contributed by atoms with Gasteiger partial charge in [-0.15, -0.1) is 0 Å². The zero-order valence-corrected chi connectivity index (χ0v) is 21.1. The van der Waals surface area contributed by atoms with Gasteiger partial charge >= 0.3 is 22.0 Å². The zero-order valence-electron chi connectivity index (χ0n) is 16.4. The molecule has 0 saturated heterocycles. The lowest BCUT2D eigenvalue weighted by molar-refractivity contribution is 0.298. The van der Waals surface area contributed by atoms with Crippen LogP contribution < -0.4 is 14.0 Å². The van der Waals surface area contributed by atoms with Gasteiger partial charge in [0.2, 0.25) is 0 Å². The lowest BCUT2D eigenvalue weighted by Gasteiger charge is -2.18. The highest BCUT2D eigenvalue weighted by atomic mass is 79.9. The van der Waals surface area contributed by atoms with E-state index in [1.54, 1.807) is 24.3 Å². The largest absolute Gasteiger partial charge is 0.721 e. The van der Waals surface area contributed by atoms with Crippen molar-refractivity contribution in [3.05, 3.63) is 54.6 Å². The van der Waals surface area contributed by atoms with Gasteiger partial charge < -0.3 is 29.0 Å². The van der Waals surface area contributed by atoms with Gasteiger partial charge in [-0.1, -0.05) is 30.3 Å². The minimum Gasteiger partial charge on any atom is -0.511 e. The number of rotatable bonds is 9. The van der Waals surface area contributed by atoms with E-state index in [4.69, 9.17) is 14.0 Å². The van der Waals surface area contributed by atoms with E-state index >= 15 is 0 Å². The first-order chi connectivity index (χ1) is 15.9. The van der Waals surface area contributed by atoms with Crippen molar-refractivity contribution in [2.75, 3.05) is 0 Å². The average molecular weight is 644 g/mol. The summed E-state index contributed by atoms with van der Waals surface area (Å²) in [6, 6.07) is 16.3. The maximum atomic E-state index is 9.84. The fourth-order valence-corrected chi connectivity index (χ4v) is 3.81. The fourth-order valence-electron chi connectivity index (χ4n) is 3.59. The molecule has 0 aliphatic carbocycles. The van der Waals surface area contributed by atoms with E-state index < -0.39 is 22.0 Å². The first-order valence-electron chi connectivity index (χ1n) is 9.23. The summed E-state index contributed by atoms with van der Waals surface area (Å²) in [5.74, 6) is 0.489. The van der Waals surface area contributed by atoms with Crippen LogP contribution >= 0.6 is 48.8 Å². The molecular formula is C18H12B3Br3O9. The third-order valence-corrected chi connectivity index (χ3v) is 5.75. The molecule has 0 amide bonds. The third kappa shape index (κ3) is 5.26. The Labute approximate surface area is 214 Å². The Balaban J connectivity index is 2.03. The molecule has 0 radical (unpaired) electrons. The molecule has 0 aromatic heterocycles. The fraction of sp³-hybridized carbons (Fsp3) is 0. The first kappa shape index (κ1) is 24.6.